The highest BCUT2D eigenvalue weighted by Crippen LogP contribution is 2.38. The fraction of sp³-hybridized carbons (Fsp3) is 0.692. The Bertz CT molecular complexity index is 541. The summed E-state index contributed by atoms with van der Waals surface area (Å²) in [5, 5.41) is 14.4. The Balaban J connectivity index is 2.01. The summed E-state index contributed by atoms with van der Waals surface area (Å²) >= 11 is 0. The number of nitro groups is 1. The molecule has 3 rings (SSSR count). The zero-order valence-corrected chi connectivity index (χ0v) is 11.9. The van der Waals surface area contributed by atoms with E-state index in [1.807, 2.05) is 0 Å². The summed E-state index contributed by atoms with van der Waals surface area (Å²) in [6.45, 7) is 2.75. The van der Waals surface area contributed by atoms with Crippen molar-refractivity contribution in [1.82, 2.24) is 9.97 Å². The maximum absolute atomic E-state index is 11.3. The molecule has 1 N–H and O–H groups in total. The van der Waals surface area contributed by atoms with Crippen molar-refractivity contribution >= 4 is 11.5 Å². The number of nitrogens with one attached hydrogen (secondary N) is 1. The van der Waals surface area contributed by atoms with E-state index < -0.39 is 4.92 Å². The molecular weight excluding hydrogens is 276 g/mol. The van der Waals surface area contributed by atoms with Crippen LogP contribution in [0.25, 0.3) is 0 Å². The normalized spacial score (nSPS) is 21.3. The monoisotopic (exact) mass is 294 g/mol. The molecule has 1 aliphatic carbocycles. The molecule has 0 amide bonds. The van der Waals surface area contributed by atoms with Gasteiger partial charge >= 0.3 is 5.69 Å². The molecular formula is C13H18N4O4. The van der Waals surface area contributed by atoms with Crippen molar-refractivity contribution in [3.8, 4) is 5.88 Å². The van der Waals surface area contributed by atoms with Gasteiger partial charge in [-0.2, -0.15) is 4.98 Å². The first-order valence-corrected chi connectivity index (χ1v) is 7.26. The van der Waals surface area contributed by atoms with Gasteiger partial charge in [0.2, 0.25) is 5.82 Å². The Kier molecular flexibility index (Phi) is 3.87. The lowest BCUT2D eigenvalue weighted by Gasteiger charge is -2.13. The summed E-state index contributed by atoms with van der Waals surface area (Å²) in [4.78, 5) is 19.4. The molecule has 0 bridgehead atoms. The molecule has 1 atom stereocenters. The third-order valence-corrected chi connectivity index (χ3v) is 3.47. The second-order valence-electron chi connectivity index (χ2n) is 5.19. The molecule has 1 saturated carbocycles. The standard InChI is InChI=1S/C13H18N4O4/c1-2-20-13-10(17(18)19)12(14-8-5-6-8)15-11(16-13)9-4-3-7-21-9/h8-9H,2-7H2,1H3,(H,14,15,16). The third-order valence-electron chi connectivity index (χ3n) is 3.47. The summed E-state index contributed by atoms with van der Waals surface area (Å²) in [6.07, 6.45) is 3.57. The number of rotatable bonds is 6. The van der Waals surface area contributed by atoms with Crippen LogP contribution in [0.5, 0.6) is 5.88 Å². The first-order chi connectivity index (χ1) is 10.2. The number of aromatic nitrogens is 2. The van der Waals surface area contributed by atoms with Crippen molar-refractivity contribution in [1.29, 1.82) is 0 Å². The lowest BCUT2D eigenvalue weighted by molar-refractivity contribution is -0.385. The van der Waals surface area contributed by atoms with E-state index in [1.165, 1.54) is 0 Å². The van der Waals surface area contributed by atoms with E-state index in [-0.39, 0.29) is 29.5 Å². The highest BCUT2D eigenvalue weighted by atomic mass is 16.6. The van der Waals surface area contributed by atoms with Gasteiger partial charge in [0.25, 0.3) is 5.88 Å². The molecule has 0 aromatic carbocycles. The van der Waals surface area contributed by atoms with Gasteiger partial charge in [0.05, 0.1) is 11.5 Å². The molecule has 1 saturated heterocycles. The molecule has 2 heterocycles. The van der Waals surface area contributed by atoms with Gasteiger partial charge in [-0.3, -0.25) is 10.1 Å². The molecule has 21 heavy (non-hydrogen) atoms. The van der Waals surface area contributed by atoms with Crippen LogP contribution in [0.3, 0.4) is 0 Å². The van der Waals surface area contributed by atoms with Crippen LogP contribution in [-0.4, -0.2) is 34.1 Å². The Morgan fingerprint density at radius 1 is 1.43 bits per heavy atom. The smallest absolute Gasteiger partial charge is 0.372 e. The van der Waals surface area contributed by atoms with Crippen LogP contribution >= 0.6 is 0 Å². The average molecular weight is 294 g/mol. The van der Waals surface area contributed by atoms with Gasteiger partial charge in [0.15, 0.2) is 5.82 Å². The summed E-state index contributed by atoms with van der Waals surface area (Å²) in [7, 11) is 0. The maximum Gasteiger partial charge on any atom is 0.372 e. The van der Waals surface area contributed by atoms with E-state index in [1.54, 1.807) is 6.92 Å². The van der Waals surface area contributed by atoms with E-state index in [9.17, 15) is 10.1 Å². The molecule has 0 radical (unpaired) electrons. The van der Waals surface area contributed by atoms with Crippen LogP contribution in [0.15, 0.2) is 0 Å². The van der Waals surface area contributed by atoms with Crippen molar-refractivity contribution in [3.63, 3.8) is 0 Å². The quantitative estimate of drug-likeness (QED) is 0.634. The predicted molar refractivity (Wildman–Crippen MR) is 74.4 cm³/mol. The largest absolute Gasteiger partial charge is 0.473 e. The Morgan fingerprint density at radius 2 is 2.24 bits per heavy atom. The lowest BCUT2D eigenvalue weighted by Crippen LogP contribution is -2.13. The van der Waals surface area contributed by atoms with Crippen molar-refractivity contribution in [2.24, 2.45) is 0 Å². The van der Waals surface area contributed by atoms with Gasteiger partial charge in [-0.15, -0.1) is 0 Å². The first-order valence-electron chi connectivity index (χ1n) is 7.26. The zero-order valence-electron chi connectivity index (χ0n) is 11.9. The van der Waals surface area contributed by atoms with Gasteiger partial charge in [-0.25, -0.2) is 4.98 Å². The van der Waals surface area contributed by atoms with E-state index in [4.69, 9.17) is 9.47 Å². The minimum atomic E-state index is -0.491. The van der Waals surface area contributed by atoms with Crippen molar-refractivity contribution in [2.45, 2.75) is 44.8 Å². The first kappa shape index (κ1) is 14.0. The van der Waals surface area contributed by atoms with Crippen LogP contribution in [0.4, 0.5) is 11.5 Å². The van der Waals surface area contributed by atoms with Gasteiger partial charge < -0.3 is 14.8 Å². The number of anilines is 1. The molecule has 2 aliphatic rings. The molecule has 8 heteroatoms. The number of hydrogen-bond donors (Lipinski definition) is 1. The number of hydrogen-bond acceptors (Lipinski definition) is 7. The Labute approximate surface area is 122 Å². The fourth-order valence-electron chi connectivity index (χ4n) is 2.30. The van der Waals surface area contributed by atoms with Crippen LogP contribution in [0, 0.1) is 10.1 Å². The Hall–Kier alpha value is -1.96. The summed E-state index contributed by atoms with van der Waals surface area (Å²) in [6, 6.07) is 0.255. The van der Waals surface area contributed by atoms with Crippen molar-refractivity contribution in [2.75, 3.05) is 18.5 Å². The molecule has 1 aromatic rings. The molecule has 114 valence electrons. The number of nitrogens with zero attached hydrogens (tertiary/aromatic N) is 3. The molecule has 1 aromatic heterocycles. The third kappa shape index (κ3) is 3.05. The Morgan fingerprint density at radius 3 is 2.81 bits per heavy atom. The lowest BCUT2D eigenvalue weighted by atomic mass is 10.2. The van der Waals surface area contributed by atoms with E-state index >= 15 is 0 Å². The van der Waals surface area contributed by atoms with Crippen molar-refractivity contribution in [3.05, 3.63) is 15.9 Å². The van der Waals surface area contributed by atoms with Crippen LogP contribution in [-0.2, 0) is 4.74 Å². The number of ether oxygens (including phenoxy) is 2. The molecule has 8 nitrogen and oxygen atoms in total. The molecule has 2 fully saturated rings. The topological polar surface area (TPSA) is 99.4 Å². The summed E-state index contributed by atoms with van der Waals surface area (Å²) in [5.41, 5.74) is -0.189. The average Bonchev–Trinajstić information content (AvgIpc) is 3.08. The second-order valence-corrected chi connectivity index (χ2v) is 5.19. The van der Waals surface area contributed by atoms with Crippen LogP contribution < -0.4 is 10.1 Å². The highest BCUT2D eigenvalue weighted by molar-refractivity contribution is 5.62. The van der Waals surface area contributed by atoms with Gasteiger partial charge in [0.1, 0.15) is 6.10 Å². The SMILES string of the molecule is CCOc1nc(C2CCCO2)nc(NC2CC2)c1[N+](=O)[O-]. The van der Waals surface area contributed by atoms with Gasteiger partial charge in [-0.05, 0) is 32.6 Å². The van der Waals surface area contributed by atoms with Crippen LogP contribution in [0.2, 0.25) is 0 Å². The fourth-order valence-corrected chi connectivity index (χ4v) is 2.30. The molecule has 0 spiro atoms. The zero-order chi connectivity index (χ0) is 14.8. The van der Waals surface area contributed by atoms with E-state index in [0.717, 1.165) is 25.7 Å². The van der Waals surface area contributed by atoms with E-state index in [0.29, 0.717) is 19.0 Å². The van der Waals surface area contributed by atoms with Crippen molar-refractivity contribution < 1.29 is 14.4 Å². The highest BCUT2D eigenvalue weighted by Gasteiger charge is 2.33. The summed E-state index contributed by atoms with van der Waals surface area (Å²) < 4.78 is 10.9. The summed E-state index contributed by atoms with van der Waals surface area (Å²) in [5.74, 6) is 0.724. The van der Waals surface area contributed by atoms with E-state index in [2.05, 4.69) is 15.3 Å². The van der Waals surface area contributed by atoms with Crippen LogP contribution in [0.1, 0.15) is 44.5 Å². The minimum absolute atomic E-state index is 0.0196. The minimum Gasteiger partial charge on any atom is -0.473 e. The second kappa shape index (κ2) is 5.80. The molecule has 1 unspecified atom stereocenters. The maximum atomic E-state index is 11.3. The van der Waals surface area contributed by atoms with Gasteiger partial charge in [0, 0.05) is 12.6 Å². The molecule has 1 aliphatic heterocycles. The van der Waals surface area contributed by atoms with Gasteiger partial charge in [-0.1, -0.05) is 0 Å². The predicted octanol–water partition coefficient (Wildman–Crippen LogP) is 2.21.